The fourth-order valence-corrected chi connectivity index (χ4v) is 4.45. The molecule has 0 amide bonds. The van der Waals surface area contributed by atoms with Crippen molar-refractivity contribution in [3.8, 4) is 0 Å². The zero-order chi connectivity index (χ0) is 14.8. The molecule has 1 aliphatic rings. The molecule has 1 fully saturated rings. The average Bonchev–Trinajstić information content (AvgIpc) is 2.92. The van der Waals surface area contributed by atoms with E-state index >= 15 is 0 Å². The molecule has 6 heteroatoms. The predicted octanol–water partition coefficient (Wildman–Crippen LogP) is 2.49. The van der Waals surface area contributed by atoms with Gasteiger partial charge in [0, 0.05) is 19.1 Å². The summed E-state index contributed by atoms with van der Waals surface area (Å²) in [7, 11) is -3.39. The number of aryl methyl sites for hydroxylation is 2. The summed E-state index contributed by atoms with van der Waals surface area (Å²) in [5.41, 5.74) is 2.14. The molecule has 0 aromatic heterocycles. The highest BCUT2D eigenvalue weighted by Gasteiger charge is 2.32. The lowest BCUT2D eigenvalue weighted by Crippen LogP contribution is -2.42. The minimum atomic E-state index is -3.39. The van der Waals surface area contributed by atoms with Crippen molar-refractivity contribution < 1.29 is 8.42 Å². The Hall–Kier alpha value is -0.620. The second kappa shape index (κ2) is 7.58. The zero-order valence-corrected chi connectivity index (χ0v) is 14.6. The highest BCUT2D eigenvalue weighted by molar-refractivity contribution is 7.89. The van der Waals surface area contributed by atoms with Gasteiger partial charge in [0.2, 0.25) is 10.0 Å². The molecular formula is C15H25ClN2O2S. The van der Waals surface area contributed by atoms with Crippen LogP contribution in [0, 0.1) is 13.8 Å². The first-order chi connectivity index (χ1) is 9.46. The lowest BCUT2D eigenvalue weighted by Gasteiger charge is -2.27. The van der Waals surface area contributed by atoms with Crippen molar-refractivity contribution in [2.75, 3.05) is 19.6 Å². The Morgan fingerprint density at radius 1 is 1.29 bits per heavy atom. The van der Waals surface area contributed by atoms with E-state index in [9.17, 15) is 8.42 Å². The van der Waals surface area contributed by atoms with Gasteiger partial charge in [-0.15, -0.1) is 12.4 Å². The first-order valence-corrected chi connectivity index (χ1v) is 8.70. The Bertz CT molecular complexity index is 569. The summed E-state index contributed by atoms with van der Waals surface area (Å²) in [6.07, 6.45) is 1.73. The third-order valence-electron chi connectivity index (χ3n) is 3.97. The maximum absolute atomic E-state index is 12.9. The van der Waals surface area contributed by atoms with Crippen molar-refractivity contribution in [1.82, 2.24) is 9.62 Å². The maximum atomic E-state index is 12.9. The second-order valence-corrected chi connectivity index (χ2v) is 7.40. The molecule has 120 valence electrons. The summed E-state index contributed by atoms with van der Waals surface area (Å²) in [5, 5.41) is 3.25. The first kappa shape index (κ1) is 18.4. The van der Waals surface area contributed by atoms with Crippen molar-refractivity contribution in [3.05, 3.63) is 29.3 Å². The molecule has 0 radical (unpaired) electrons. The molecule has 4 nitrogen and oxygen atoms in total. The van der Waals surface area contributed by atoms with Crippen molar-refractivity contribution in [1.29, 1.82) is 0 Å². The largest absolute Gasteiger partial charge is 0.315 e. The van der Waals surface area contributed by atoms with E-state index in [1.54, 1.807) is 16.4 Å². The minimum absolute atomic E-state index is 0. The van der Waals surface area contributed by atoms with Gasteiger partial charge in [0.05, 0.1) is 4.90 Å². The molecule has 0 spiro atoms. The van der Waals surface area contributed by atoms with Crippen LogP contribution in [0.5, 0.6) is 0 Å². The summed E-state index contributed by atoms with van der Waals surface area (Å²) < 4.78 is 27.4. The molecule has 1 saturated heterocycles. The minimum Gasteiger partial charge on any atom is -0.315 e. The van der Waals surface area contributed by atoms with Crippen molar-refractivity contribution in [3.63, 3.8) is 0 Å². The third kappa shape index (κ3) is 3.97. The van der Waals surface area contributed by atoms with E-state index in [1.165, 1.54) is 0 Å². The predicted molar refractivity (Wildman–Crippen MR) is 88.6 cm³/mol. The molecule has 1 N–H and O–H groups in total. The summed E-state index contributed by atoms with van der Waals surface area (Å²) >= 11 is 0. The number of hydrogen-bond acceptors (Lipinski definition) is 3. The summed E-state index contributed by atoms with van der Waals surface area (Å²) in [5.74, 6) is 0. The van der Waals surface area contributed by atoms with Crippen molar-refractivity contribution in [2.24, 2.45) is 0 Å². The van der Waals surface area contributed by atoms with Crippen LogP contribution in [0.1, 0.15) is 30.9 Å². The van der Waals surface area contributed by atoms with Gasteiger partial charge in [0.15, 0.2) is 0 Å². The number of sulfonamides is 1. The Kier molecular flexibility index (Phi) is 6.66. The van der Waals surface area contributed by atoms with Crippen LogP contribution in [0.4, 0.5) is 0 Å². The summed E-state index contributed by atoms with van der Waals surface area (Å²) in [6.45, 7) is 8.20. The van der Waals surface area contributed by atoms with Crippen LogP contribution < -0.4 is 5.32 Å². The molecule has 0 saturated carbocycles. The molecule has 21 heavy (non-hydrogen) atoms. The molecule has 1 unspecified atom stereocenters. The molecule has 2 rings (SSSR count). The van der Waals surface area contributed by atoms with Crippen LogP contribution in [0.3, 0.4) is 0 Å². The number of rotatable bonds is 5. The molecule has 1 aromatic rings. The van der Waals surface area contributed by atoms with Gasteiger partial charge < -0.3 is 5.32 Å². The Morgan fingerprint density at radius 2 is 2.00 bits per heavy atom. The SMILES string of the molecule is CCCN(C1CCNC1)S(=O)(=O)c1ccc(C)c(C)c1.Cl. The van der Waals surface area contributed by atoms with Gasteiger partial charge in [-0.2, -0.15) is 4.31 Å². The van der Waals surface area contributed by atoms with Gasteiger partial charge in [-0.1, -0.05) is 13.0 Å². The van der Waals surface area contributed by atoms with E-state index < -0.39 is 10.0 Å². The highest BCUT2D eigenvalue weighted by Crippen LogP contribution is 2.23. The molecule has 1 heterocycles. The Morgan fingerprint density at radius 3 is 2.52 bits per heavy atom. The fourth-order valence-electron chi connectivity index (χ4n) is 2.61. The number of halogens is 1. The lowest BCUT2D eigenvalue weighted by atomic mass is 10.1. The molecule has 0 bridgehead atoms. The van der Waals surface area contributed by atoms with Crippen LogP contribution in [0.2, 0.25) is 0 Å². The van der Waals surface area contributed by atoms with Crippen LogP contribution in [0.25, 0.3) is 0 Å². The van der Waals surface area contributed by atoms with Crippen LogP contribution in [-0.4, -0.2) is 38.4 Å². The normalized spacial score (nSPS) is 18.8. The van der Waals surface area contributed by atoms with Crippen LogP contribution >= 0.6 is 12.4 Å². The lowest BCUT2D eigenvalue weighted by molar-refractivity contribution is 0.335. The van der Waals surface area contributed by atoms with Crippen molar-refractivity contribution >= 4 is 22.4 Å². The smallest absolute Gasteiger partial charge is 0.243 e. The van der Waals surface area contributed by atoms with Gasteiger partial charge in [0.25, 0.3) is 0 Å². The van der Waals surface area contributed by atoms with E-state index in [1.807, 2.05) is 26.8 Å². The summed E-state index contributed by atoms with van der Waals surface area (Å²) in [4.78, 5) is 0.418. The number of benzene rings is 1. The fraction of sp³-hybridized carbons (Fsp3) is 0.600. The topological polar surface area (TPSA) is 49.4 Å². The van der Waals surface area contributed by atoms with E-state index in [0.717, 1.165) is 37.1 Å². The van der Waals surface area contributed by atoms with E-state index in [0.29, 0.717) is 11.4 Å². The van der Waals surface area contributed by atoms with E-state index in [2.05, 4.69) is 5.32 Å². The Balaban J connectivity index is 0.00000220. The van der Waals surface area contributed by atoms with E-state index in [-0.39, 0.29) is 18.4 Å². The van der Waals surface area contributed by atoms with Crippen LogP contribution in [-0.2, 0) is 10.0 Å². The highest BCUT2D eigenvalue weighted by atomic mass is 35.5. The van der Waals surface area contributed by atoms with Gasteiger partial charge in [0.1, 0.15) is 0 Å². The molecule has 1 atom stereocenters. The maximum Gasteiger partial charge on any atom is 0.243 e. The van der Waals surface area contributed by atoms with Crippen molar-refractivity contribution in [2.45, 2.75) is 44.6 Å². The van der Waals surface area contributed by atoms with Gasteiger partial charge in [-0.25, -0.2) is 8.42 Å². The molecule has 1 aliphatic heterocycles. The van der Waals surface area contributed by atoms with E-state index in [4.69, 9.17) is 0 Å². The molecular weight excluding hydrogens is 308 g/mol. The standard InChI is InChI=1S/C15H24N2O2S.ClH/c1-4-9-17(14-7-8-16-11-14)20(18,19)15-6-5-12(2)13(3)10-15;/h5-6,10,14,16H,4,7-9,11H2,1-3H3;1H. The Labute approximate surface area is 134 Å². The quantitative estimate of drug-likeness (QED) is 0.901. The summed E-state index contributed by atoms with van der Waals surface area (Å²) in [6, 6.07) is 5.49. The monoisotopic (exact) mass is 332 g/mol. The van der Waals surface area contributed by atoms with Gasteiger partial charge >= 0.3 is 0 Å². The van der Waals surface area contributed by atoms with Crippen LogP contribution in [0.15, 0.2) is 23.1 Å². The molecule has 1 aromatic carbocycles. The average molecular weight is 333 g/mol. The molecule has 0 aliphatic carbocycles. The number of nitrogens with zero attached hydrogens (tertiary/aromatic N) is 1. The van der Waals surface area contributed by atoms with Gasteiger partial charge in [-0.05, 0) is 56.5 Å². The third-order valence-corrected chi connectivity index (χ3v) is 5.92. The van der Waals surface area contributed by atoms with Gasteiger partial charge in [-0.3, -0.25) is 0 Å². The second-order valence-electron chi connectivity index (χ2n) is 5.51. The first-order valence-electron chi connectivity index (χ1n) is 7.26. The number of hydrogen-bond donors (Lipinski definition) is 1. The zero-order valence-electron chi connectivity index (χ0n) is 12.9. The number of nitrogens with one attached hydrogen (secondary N) is 1.